The van der Waals surface area contributed by atoms with Gasteiger partial charge in [0.05, 0.1) is 12.2 Å². The van der Waals surface area contributed by atoms with Crippen LogP contribution in [-0.4, -0.2) is 46.3 Å². The molecule has 0 amide bonds. The standard InChI is InChI=1S/C22H31FO5.Pr/c23-16(15-28-17-8-4-3-5-9-17)12-13-19-18(20(24)14-21(19)25)10-6-1-2-7-11-22(26)27;/h1,3-6,8-9,16,18-21,24-25H,2,7,10-15H2,(H,26,27);/b6-1-;/t16-,18-,19-,20+,21-;/m1./s1. The van der Waals surface area contributed by atoms with E-state index in [-0.39, 0.29) is 72.6 Å². The van der Waals surface area contributed by atoms with E-state index in [1.54, 1.807) is 12.1 Å². The molecule has 1 aliphatic rings. The Morgan fingerprint density at radius 2 is 1.86 bits per heavy atom. The van der Waals surface area contributed by atoms with E-state index in [2.05, 4.69) is 0 Å². The molecule has 0 saturated heterocycles. The van der Waals surface area contributed by atoms with Crippen LogP contribution in [0.1, 0.15) is 44.9 Å². The van der Waals surface area contributed by atoms with Crippen molar-refractivity contribution in [3.8, 4) is 5.75 Å². The van der Waals surface area contributed by atoms with Crippen LogP contribution in [0.15, 0.2) is 42.5 Å². The molecule has 5 nitrogen and oxygen atoms in total. The minimum absolute atomic E-state index is 0. The maximum atomic E-state index is 14.2. The summed E-state index contributed by atoms with van der Waals surface area (Å²) in [5, 5.41) is 29.1. The van der Waals surface area contributed by atoms with Gasteiger partial charge < -0.3 is 20.1 Å². The molecule has 1 aliphatic carbocycles. The number of carboxylic acids is 1. The summed E-state index contributed by atoms with van der Waals surface area (Å²) in [7, 11) is 0. The van der Waals surface area contributed by atoms with E-state index < -0.39 is 24.3 Å². The summed E-state index contributed by atoms with van der Waals surface area (Å²) in [5.74, 6) is -0.422. The number of aliphatic hydroxyl groups excluding tert-OH is 2. The van der Waals surface area contributed by atoms with Gasteiger partial charge in [-0.2, -0.15) is 0 Å². The molecule has 159 valence electrons. The van der Waals surface area contributed by atoms with Gasteiger partial charge >= 0.3 is 5.97 Å². The van der Waals surface area contributed by atoms with Crippen LogP contribution in [-0.2, 0) is 4.79 Å². The number of rotatable bonds is 12. The zero-order valence-corrected chi connectivity index (χ0v) is 20.4. The van der Waals surface area contributed by atoms with E-state index in [9.17, 15) is 19.4 Å². The van der Waals surface area contributed by atoms with Crippen LogP contribution in [0.2, 0.25) is 0 Å². The number of unbranched alkanes of at least 4 members (excludes halogenated alkanes) is 1. The number of allylic oxidation sites excluding steroid dienone is 2. The van der Waals surface area contributed by atoms with Crippen molar-refractivity contribution >= 4 is 5.97 Å². The first-order valence-corrected chi connectivity index (χ1v) is 10.0. The van der Waals surface area contributed by atoms with Gasteiger partial charge in [-0.05, 0) is 62.5 Å². The van der Waals surface area contributed by atoms with Crippen molar-refractivity contribution in [2.45, 2.75) is 63.3 Å². The molecule has 3 N–H and O–H groups in total. The second-order valence-corrected chi connectivity index (χ2v) is 7.49. The van der Waals surface area contributed by atoms with E-state index in [1.807, 2.05) is 30.4 Å². The van der Waals surface area contributed by atoms with Crippen LogP contribution in [0.4, 0.5) is 4.39 Å². The van der Waals surface area contributed by atoms with Crippen molar-refractivity contribution in [2.75, 3.05) is 6.61 Å². The van der Waals surface area contributed by atoms with Crippen molar-refractivity contribution in [3.05, 3.63) is 42.5 Å². The fourth-order valence-electron chi connectivity index (χ4n) is 3.81. The quantitative estimate of drug-likeness (QED) is 0.281. The molecule has 0 heterocycles. The van der Waals surface area contributed by atoms with Crippen molar-refractivity contribution in [3.63, 3.8) is 0 Å². The molecule has 0 aromatic heterocycles. The minimum atomic E-state index is -1.13. The largest absolute Gasteiger partial charge is 0.491 e. The van der Waals surface area contributed by atoms with Crippen LogP contribution in [0.5, 0.6) is 5.75 Å². The van der Waals surface area contributed by atoms with E-state index in [0.717, 1.165) is 0 Å². The van der Waals surface area contributed by atoms with Crippen molar-refractivity contribution in [1.82, 2.24) is 0 Å². The summed E-state index contributed by atoms with van der Waals surface area (Å²) >= 11 is 0. The number of benzene rings is 1. The van der Waals surface area contributed by atoms with Gasteiger partial charge in [-0.1, -0.05) is 30.4 Å². The number of aliphatic hydroxyl groups is 2. The zero-order chi connectivity index (χ0) is 20.4. The molecule has 2 rings (SSSR count). The molecule has 0 unspecified atom stereocenters. The zero-order valence-electron chi connectivity index (χ0n) is 16.7. The van der Waals surface area contributed by atoms with E-state index in [4.69, 9.17) is 9.84 Å². The molecular weight excluding hydrogens is 504 g/mol. The maximum absolute atomic E-state index is 14.2. The predicted octanol–water partition coefficient (Wildman–Crippen LogP) is 3.74. The smallest absolute Gasteiger partial charge is 0.303 e. The third kappa shape index (κ3) is 9.86. The van der Waals surface area contributed by atoms with Gasteiger partial charge in [0.2, 0.25) is 0 Å². The van der Waals surface area contributed by atoms with Gasteiger partial charge in [0.1, 0.15) is 18.5 Å². The Kier molecular flexibility index (Phi) is 13.2. The fraction of sp³-hybridized carbons (Fsp3) is 0.591. The predicted molar refractivity (Wildman–Crippen MR) is 105 cm³/mol. The van der Waals surface area contributed by atoms with Crippen LogP contribution in [0, 0.1) is 53.1 Å². The summed E-state index contributed by atoms with van der Waals surface area (Å²) < 4.78 is 19.7. The Bertz CT molecular complexity index is 612. The fourth-order valence-corrected chi connectivity index (χ4v) is 3.81. The van der Waals surface area contributed by atoms with E-state index in [0.29, 0.717) is 37.9 Å². The molecule has 0 aliphatic heterocycles. The monoisotopic (exact) mass is 535 g/mol. The van der Waals surface area contributed by atoms with Crippen molar-refractivity contribution in [2.24, 2.45) is 11.8 Å². The molecule has 7 heteroatoms. The maximum Gasteiger partial charge on any atom is 0.303 e. The number of hydrogen-bond acceptors (Lipinski definition) is 4. The SMILES string of the molecule is O=C(O)CCC/C=C\C[C@@H]1[C@@H](CC[C@@H](F)COc2ccccc2)[C@H](O)C[C@@H]1O.[Pr]. The summed E-state index contributed by atoms with van der Waals surface area (Å²) in [4.78, 5) is 10.5. The first-order valence-electron chi connectivity index (χ1n) is 10.0. The number of carbonyl (C=O) groups is 1. The van der Waals surface area contributed by atoms with Crippen molar-refractivity contribution < 1.29 is 70.5 Å². The minimum Gasteiger partial charge on any atom is -0.491 e. The number of alkyl halides is 1. The average Bonchev–Trinajstić information content (AvgIpc) is 2.94. The normalized spacial score (nSPS) is 24.9. The van der Waals surface area contributed by atoms with Gasteiger partial charge in [0.25, 0.3) is 0 Å². The second kappa shape index (κ2) is 14.4. The molecule has 1 aromatic carbocycles. The van der Waals surface area contributed by atoms with E-state index in [1.165, 1.54) is 0 Å². The molecule has 0 bridgehead atoms. The number of carboxylic acid groups (broad SMARTS) is 1. The van der Waals surface area contributed by atoms with Gasteiger partial charge in [0, 0.05) is 47.7 Å². The molecule has 1 saturated carbocycles. The average molecular weight is 535 g/mol. The Morgan fingerprint density at radius 1 is 1.17 bits per heavy atom. The van der Waals surface area contributed by atoms with Crippen molar-refractivity contribution in [1.29, 1.82) is 0 Å². The van der Waals surface area contributed by atoms with Crippen LogP contribution in [0.3, 0.4) is 0 Å². The van der Waals surface area contributed by atoms with Gasteiger partial charge in [-0.15, -0.1) is 0 Å². The molecule has 1 radical (unpaired) electrons. The number of para-hydroxylation sites is 1. The Morgan fingerprint density at radius 3 is 2.55 bits per heavy atom. The van der Waals surface area contributed by atoms with Gasteiger partial charge in [0.15, 0.2) is 0 Å². The molecule has 0 spiro atoms. The van der Waals surface area contributed by atoms with Gasteiger partial charge in [-0.3, -0.25) is 4.79 Å². The Hall–Kier alpha value is -0.556. The number of hydrogen-bond donors (Lipinski definition) is 3. The number of ether oxygens (including phenoxy) is 1. The Labute approximate surface area is 205 Å². The molecule has 5 atom stereocenters. The summed E-state index contributed by atoms with van der Waals surface area (Å²) in [6, 6.07) is 9.09. The molecular formula is C22H31FO5Pr. The van der Waals surface area contributed by atoms with E-state index >= 15 is 0 Å². The third-order valence-electron chi connectivity index (χ3n) is 5.35. The van der Waals surface area contributed by atoms with Gasteiger partial charge in [-0.25, -0.2) is 4.39 Å². The topological polar surface area (TPSA) is 87.0 Å². The third-order valence-corrected chi connectivity index (χ3v) is 5.35. The van der Waals surface area contributed by atoms with Crippen LogP contribution >= 0.6 is 0 Å². The van der Waals surface area contributed by atoms with Crippen LogP contribution < -0.4 is 4.74 Å². The first-order chi connectivity index (χ1) is 13.5. The Balaban J connectivity index is 0.00000420. The second-order valence-electron chi connectivity index (χ2n) is 7.49. The summed E-state index contributed by atoms with van der Waals surface area (Å²) in [6.45, 7) is -0.0243. The number of halogens is 1. The molecule has 1 aromatic rings. The van der Waals surface area contributed by atoms with Crippen LogP contribution in [0.25, 0.3) is 0 Å². The number of aliphatic carboxylic acids is 1. The molecule has 1 fully saturated rings. The first kappa shape index (κ1) is 26.5. The summed E-state index contributed by atoms with van der Waals surface area (Å²) in [6.07, 6.45) is 4.60. The summed E-state index contributed by atoms with van der Waals surface area (Å²) in [5.41, 5.74) is 0. The molecule has 29 heavy (non-hydrogen) atoms.